The normalized spacial score (nSPS) is 14.2. The van der Waals surface area contributed by atoms with Crippen molar-refractivity contribution in [3.63, 3.8) is 0 Å². The van der Waals surface area contributed by atoms with Crippen molar-refractivity contribution in [1.29, 1.82) is 0 Å². The lowest BCUT2D eigenvalue weighted by molar-refractivity contribution is 0.102. The number of anilines is 1. The number of nitrogens with zero attached hydrogens (tertiary/aromatic N) is 1. The van der Waals surface area contributed by atoms with Gasteiger partial charge in [-0.1, -0.05) is 13.8 Å². The molecule has 2 aromatic rings. The molecule has 0 unspecified atom stereocenters. The molecule has 1 N–H and O–H groups in total. The maximum atomic E-state index is 13.1. The van der Waals surface area contributed by atoms with Gasteiger partial charge in [0, 0.05) is 30.4 Å². The smallest absolute Gasteiger partial charge is 0.255 e. The maximum Gasteiger partial charge on any atom is 0.255 e. The molecule has 33 heavy (non-hydrogen) atoms. The fourth-order valence-corrected chi connectivity index (χ4v) is 5.23. The molecule has 1 saturated heterocycles. The summed E-state index contributed by atoms with van der Waals surface area (Å²) in [5.41, 5.74) is 0.741. The summed E-state index contributed by atoms with van der Waals surface area (Å²) in [4.78, 5) is 13.0. The Morgan fingerprint density at radius 3 is 2.21 bits per heavy atom. The van der Waals surface area contributed by atoms with E-state index in [-0.39, 0.29) is 16.2 Å². The van der Waals surface area contributed by atoms with Crippen molar-refractivity contribution in [3.05, 3.63) is 42.0 Å². The van der Waals surface area contributed by atoms with Gasteiger partial charge in [-0.15, -0.1) is 0 Å². The van der Waals surface area contributed by atoms with E-state index in [0.717, 1.165) is 25.7 Å². The molecule has 0 saturated carbocycles. The Labute approximate surface area is 195 Å². The van der Waals surface area contributed by atoms with Crippen molar-refractivity contribution in [2.45, 2.75) is 44.4 Å². The largest absolute Gasteiger partial charge is 0.495 e. The highest BCUT2D eigenvalue weighted by molar-refractivity contribution is 7.89. The van der Waals surface area contributed by atoms with E-state index in [1.165, 1.54) is 23.5 Å². The van der Waals surface area contributed by atoms with Gasteiger partial charge < -0.3 is 19.5 Å². The molecule has 8 nitrogen and oxygen atoms in total. The number of methoxy groups -OCH3 is 1. The van der Waals surface area contributed by atoms with Gasteiger partial charge in [0.1, 0.15) is 10.6 Å². The lowest BCUT2D eigenvalue weighted by atomic mass is 10.2. The Kier molecular flexibility index (Phi) is 8.57. The molecule has 9 heteroatoms. The molecule has 0 atom stereocenters. The minimum absolute atomic E-state index is 0.00479. The van der Waals surface area contributed by atoms with Crippen LogP contribution in [0.3, 0.4) is 0 Å². The summed E-state index contributed by atoms with van der Waals surface area (Å²) in [6.45, 7) is 6.05. The molecule has 1 heterocycles. The Balaban J connectivity index is 1.85. The molecule has 1 fully saturated rings. The Hall–Kier alpha value is -2.78. The standard InChI is InChI=1S/C24H32N2O6S/c1-4-14-31-20-11-9-19(17-22(20)32-15-5-2)25-24(27)18-8-10-21(30-3)23(16-18)33(28,29)26-12-6-7-13-26/h8-11,16-17H,4-7,12-15H2,1-3H3,(H,25,27). The topological polar surface area (TPSA) is 94.2 Å². The van der Waals surface area contributed by atoms with E-state index < -0.39 is 15.9 Å². The molecule has 1 amide bonds. The minimum Gasteiger partial charge on any atom is -0.495 e. The molecule has 180 valence electrons. The van der Waals surface area contributed by atoms with E-state index in [1.807, 2.05) is 13.8 Å². The van der Waals surface area contributed by atoms with Gasteiger partial charge in [-0.2, -0.15) is 4.31 Å². The molecule has 0 radical (unpaired) electrons. The molecule has 0 aliphatic carbocycles. The number of carbonyl (C=O) groups excluding carboxylic acids is 1. The minimum atomic E-state index is -3.75. The zero-order valence-corrected chi connectivity index (χ0v) is 20.2. The second kappa shape index (κ2) is 11.4. The van der Waals surface area contributed by atoms with Crippen LogP contribution in [0.1, 0.15) is 49.9 Å². The van der Waals surface area contributed by atoms with Crippen LogP contribution in [0.25, 0.3) is 0 Å². The SMILES string of the molecule is CCCOc1ccc(NC(=O)c2ccc(OC)c(S(=O)(=O)N3CCCC3)c2)cc1OCCC. The Bertz CT molecular complexity index is 1060. The number of sulfonamides is 1. The number of hydrogen-bond donors (Lipinski definition) is 1. The van der Waals surface area contributed by atoms with Gasteiger partial charge in [-0.3, -0.25) is 4.79 Å². The lowest BCUT2D eigenvalue weighted by Crippen LogP contribution is -2.28. The Morgan fingerprint density at radius 2 is 1.58 bits per heavy atom. The first-order valence-electron chi connectivity index (χ1n) is 11.3. The van der Waals surface area contributed by atoms with Crippen molar-refractivity contribution in [3.8, 4) is 17.2 Å². The van der Waals surface area contributed by atoms with Gasteiger partial charge in [0.25, 0.3) is 5.91 Å². The molecule has 0 bridgehead atoms. The number of rotatable bonds is 11. The fraction of sp³-hybridized carbons (Fsp3) is 0.458. The number of nitrogens with one attached hydrogen (secondary N) is 1. The summed E-state index contributed by atoms with van der Waals surface area (Å²) in [6, 6.07) is 9.62. The maximum absolute atomic E-state index is 13.1. The van der Waals surface area contributed by atoms with Crippen LogP contribution in [-0.2, 0) is 10.0 Å². The van der Waals surface area contributed by atoms with Gasteiger partial charge in [0.15, 0.2) is 11.5 Å². The van der Waals surface area contributed by atoms with E-state index in [2.05, 4.69) is 5.32 Å². The second-order valence-corrected chi connectivity index (χ2v) is 9.70. The van der Waals surface area contributed by atoms with E-state index in [4.69, 9.17) is 14.2 Å². The predicted octanol–water partition coefficient (Wildman–Crippen LogP) is 4.31. The fourth-order valence-electron chi connectivity index (χ4n) is 3.53. The molecular weight excluding hydrogens is 444 g/mol. The van der Waals surface area contributed by atoms with E-state index in [0.29, 0.717) is 43.5 Å². The van der Waals surface area contributed by atoms with Crippen molar-refractivity contribution >= 4 is 21.6 Å². The lowest BCUT2D eigenvalue weighted by Gasteiger charge is -2.18. The van der Waals surface area contributed by atoms with Crippen LogP contribution in [0.4, 0.5) is 5.69 Å². The summed E-state index contributed by atoms with van der Waals surface area (Å²) >= 11 is 0. The third kappa shape index (κ3) is 5.97. The highest BCUT2D eigenvalue weighted by Gasteiger charge is 2.30. The number of hydrogen-bond acceptors (Lipinski definition) is 6. The summed E-state index contributed by atoms with van der Waals surface area (Å²) in [5, 5.41) is 2.82. The molecule has 3 rings (SSSR count). The third-order valence-electron chi connectivity index (χ3n) is 5.23. The third-order valence-corrected chi connectivity index (χ3v) is 7.15. The summed E-state index contributed by atoms with van der Waals surface area (Å²) in [6.07, 6.45) is 3.35. The first kappa shape index (κ1) is 24.9. The zero-order chi connectivity index (χ0) is 23.8. The van der Waals surface area contributed by atoms with Gasteiger partial charge in [0.05, 0.1) is 20.3 Å². The van der Waals surface area contributed by atoms with E-state index in [1.54, 1.807) is 24.3 Å². The first-order valence-corrected chi connectivity index (χ1v) is 12.7. The second-order valence-electron chi connectivity index (χ2n) is 7.79. The first-order chi connectivity index (χ1) is 15.9. The number of ether oxygens (including phenoxy) is 3. The molecule has 2 aromatic carbocycles. The van der Waals surface area contributed by atoms with E-state index >= 15 is 0 Å². The van der Waals surface area contributed by atoms with Crippen LogP contribution >= 0.6 is 0 Å². The van der Waals surface area contributed by atoms with E-state index in [9.17, 15) is 13.2 Å². The van der Waals surface area contributed by atoms with Gasteiger partial charge >= 0.3 is 0 Å². The van der Waals surface area contributed by atoms with Crippen molar-refractivity contribution in [2.75, 3.05) is 38.7 Å². The van der Waals surface area contributed by atoms with Gasteiger partial charge in [-0.25, -0.2) is 8.42 Å². The Morgan fingerprint density at radius 1 is 0.939 bits per heavy atom. The molecule has 0 aromatic heterocycles. The summed E-state index contributed by atoms with van der Waals surface area (Å²) in [7, 11) is -2.34. The van der Waals surface area contributed by atoms with Gasteiger partial charge in [-0.05, 0) is 56.0 Å². The van der Waals surface area contributed by atoms with Crippen LogP contribution in [0.2, 0.25) is 0 Å². The number of amides is 1. The average molecular weight is 477 g/mol. The molecule has 1 aliphatic heterocycles. The number of benzene rings is 2. The van der Waals surface area contributed by atoms with Gasteiger partial charge in [0.2, 0.25) is 10.0 Å². The highest BCUT2D eigenvalue weighted by Crippen LogP contribution is 2.32. The van der Waals surface area contributed by atoms with Crippen molar-refractivity contribution in [2.24, 2.45) is 0 Å². The van der Waals surface area contributed by atoms with Crippen LogP contribution < -0.4 is 19.5 Å². The van der Waals surface area contributed by atoms with Crippen LogP contribution in [0, 0.1) is 0 Å². The molecule has 1 aliphatic rings. The van der Waals surface area contributed by atoms with Crippen molar-refractivity contribution < 1.29 is 27.4 Å². The molecule has 0 spiro atoms. The number of carbonyl (C=O) groups is 1. The van der Waals surface area contributed by atoms with Crippen LogP contribution in [0.15, 0.2) is 41.3 Å². The summed E-state index contributed by atoms with van der Waals surface area (Å²) in [5.74, 6) is 0.951. The predicted molar refractivity (Wildman–Crippen MR) is 127 cm³/mol. The average Bonchev–Trinajstić information content (AvgIpc) is 3.37. The monoisotopic (exact) mass is 476 g/mol. The quantitative estimate of drug-likeness (QED) is 0.519. The molecular formula is C24H32N2O6S. The zero-order valence-electron chi connectivity index (χ0n) is 19.4. The summed E-state index contributed by atoms with van der Waals surface area (Å²) < 4.78 is 44.4. The van der Waals surface area contributed by atoms with Crippen LogP contribution in [-0.4, -0.2) is 52.0 Å². The van der Waals surface area contributed by atoms with Crippen LogP contribution in [0.5, 0.6) is 17.2 Å². The highest BCUT2D eigenvalue weighted by atomic mass is 32.2. The van der Waals surface area contributed by atoms with Crippen molar-refractivity contribution in [1.82, 2.24) is 4.31 Å².